The van der Waals surface area contributed by atoms with Crippen molar-refractivity contribution in [1.29, 1.82) is 0 Å². The Morgan fingerprint density at radius 2 is 2.05 bits per heavy atom. The van der Waals surface area contributed by atoms with Gasteiger partial charge in [-0.25, -0.2) is 10.2 Å². The molecule has 0 aromatic heterocycles. The van der Waals surface area contributed by atoms with Crippen molar-refractivity contribution in [3.63, 3.8) is 0 Å². The van der Waals surface area contributed by atoms with Crippen molar-refractivity contribution >= 4 is 33.9 Å². The van der Waals surface area contributed by atoms with Crippen LogP contribution < -0.4 is 15.5 Å². The molecule has 0 unspecified atom stereocenters. The van der Waals surface area contributed by atoms with Crippen LogP contribution in [0.5, 0.6) is 5.75 Å². The number of rotatable bonds is 4. The van der Waals surface area contributed by atoms with Crippen LogP contribution >= 0.6 is 15.9 Å². The molecular weight excluding hydrogens is 346 g/mol. The summed E-state index contributed by atoms with van der Waals surface area (Å²) in [7, 11) is 1.58. The predicted octanol–water partition coefficient (Wildman–Crippen LogP) is 3.92. The summed E-state index contributed by atoms with van der Waals surface area (Å²) in [5, 5.41) is 6.66. The Hall–Kier alpha value is -2.34. The van der Waals surface area contributed by atoms with E-state index in [0.717, 1.165) is 21.3 Å². The van der Waals surface area contributed by atoms with Gasteiger partial charge in [0.05, 0.1) is 13.3 Å². The van der Waals surface area contributed by atoms with Crippen molar-refractivity contribution in [3.05, 3.63) is 58.1 Å². The van der Waals surface area contributed by atoms with Gasteiger partial charge >= 0.3 is 6.03 Å². The summed E-state index contributed by atoms with van der Waals surface area (Å²) in [6, 6.07) is 12.7. The summed E-state index contributed by atoms with van der Waals surface area (Å²) in [6.45, 7) is 1.92. The summed E-state index contributed by atoms with van der Waals surface area (Å²) in [5.41, 5.74) is 4.91. The van der Waals surface area contributed by atoms with Crippen LogP contribution in [0.2, 0.25) is 0 Å². The number of methoxy groups -OCH3 is 1. The Bertz CT molecular complexity index is 702. The van der Waals surface area contributed by atoms with Crippen molar-refractivity contribution in [2.45, 2.75) is 6.92 Å². The molecule has 0 heterocycles. The number of ether oxygens (including phenoxy) is 1. The van der Waals surface area contributed by atoms with Crippen molar-refractivity contribution < 1.29 is 9.53 Å². The first-order valence-corrected chi connectivity index (χ1v) is 7.38. The Morgan fingerprint density at radius 3 is 2.77 bits per heavy atom. The van der Waals surface area contributed by atoms with Gasteiger partial charge in [0.1, 0.15) is 5.75 Å². The number of nitrogens with zero attached hydrogens (tertiary/aromatic N) is 1. The molecule has 0 fully saturated rings. The molecule has 5 nitrogen and oxygen atoms in total. The lowest BCUT2D eigenvalue weighted by Crippen LogP contribution is -2.24. The third kappa shape index (κ3) is 4.33. The van der Waals surface area contributed by atoms with E-state index in [-0.39, 0.29) is 0 Å². The number of halogens is 1. The van der Waals surface area contributed by atoms with Crippen LogP contribution in [0.15, 0.2) is 52.0 Å². The standard InChI is InChI=1S/C16H16BrN3O2/c1-11-5-3-4-6-14(11)19-16(21)20-18-10-12-9-13(17)7-8-15(12)22-2/h3-10H,1-2H3,(H2,19,20,21)/b18-10-. The topological polar surface area (TPSA) is 62.7 Å². The molecule has 6 heteroatoms. The third-order valence-corrected chi connectivity index (χ3v) is 3.45. The molecule has 0 aliphatic carbocycles. The second-order valence-corrected chi connectivity index (χ2v) is 5.44. The van der Waals surface area contributed by atoms with E-state index in [1.54, 1.807) is 7.11 Å². The van der Waals surface area contributed by atoms with E-state index >= 15 is 0 Å². The summed E-state index contributed by atoms with van der Waals surface area (Å²) in [5.74, 6) is 0.674. The molecule has 0 radical (unpaired) electrons. The van der Waals surface area contributed by atoms with E-state index in [9.17, 15) is 4.79 Å². The lowest BCUT2D eigenvalue weighted by molar-refractivity contribution is 0.252. The Morgan fingerprint density at radius 1 is 1.27 bits per heavy atom. The van der Waals surface area contributed by atoms with E-state index in [1.807, 2.05) is 49.4 Å². The zero-order chi connectivity index (χ0) is 15.9. The number of para-hydroxylation sites is 1. The number of hydrogen-bond acceptors (Lipinski definition) is 3. The van der Waals surface area contributed by atoms with E-state index < -0.39 is 6.03 Å². The van der Waals surface area contributed by atoms with Gasteiger partial charge in [0.25, 0.3) is 0 Å². The molecule has 2 rings (SSSR count). The fourth-order valence-electron chi connectivity index (χ4n) is 1.83. The Labute approximate surface area is 137 Å². The lowest BCUT2D eigenvalue weighted by Gasteiger charge is -2.07. The molecule has 0 aliphatic heterocycles. The van der Waals surface area contributed by atoms with Gasteiger partial charge in [-0.3, -0.25) is 0 Å². The quantitative estimate of drug-likeness (QED) is 0.640. The second-order valence-electron chi connectivity index (χ2n) is 4.53. The van der Waals surface area contributed by atoms with Crippen LogP contribution in [0.3, 0.4) is 0 Å². The normalized spacial score (nSPS) is 10.5. The van der Waals surface area contributed by atoms with Crippen molar-refractivity contribution in [2.75, 3.05) is 12.4 Å². The number of carbonyl (C=O) groups excluding carboxylic acids is 1. The van der Waals surface area contributed by atoms with Gasteiger partial charge in [0, 0.05) is 15.7 Å². The van der Waals surface area contributed by atoms with Gasteiger partial charge in [-0.15, -0.1) is 0 Å². The van der Waals surface area contributed by atoms with Gasteiger partial charge < -0.3 is 10.1 Å². The maximum atomic E-state index is 11.8. The molecule has 0 bridgehead atoms. The van der Waals surface area contributed by atoms with Gasteiger partial charge in [-0.2, -0.15) is 5.10 Å². The first-order chi connectivity index (χ1) is 10.6. The number of hydrazone groups is 1. The van der Waals surface area contributed by atoms with Crippen LogP contribution in [0, 0.1) is 6.92 Å². The van der Waals surface area contributed by atoms with Gasteiger partial charge in [0.15, 0.2) is 0 Å². The highest BCUT2D eigenvalue weighted by molar-refractivity contribution is 9.10. The van der Waals surface area contributed by atoms with Crippen LogP contribution in [0.4, 0.5) is 10.5 Å². The molecule has 0 atom stereocenters. The summed E-state index contributed by atoms with van der Waals surface area (Å²) < 4.78 is 6.13. The van der Waals surface area contributed by atoms with E-state index in [2.05, 4.69) is 31.8 Å². The number of urea groups is 1. The average Bonchev–Trinajstić information content (AvgIpc) is 2.50. The molecule has 2 aromatic rings. The first kappa shape index (κ1) is 16.0. The number of anilines is 1. The van der Waals surface area contributed by atoms with Crippen molar-refractivity contribution in [3.8, 4) is 5.75 Å². The first-order valence-electron chi connectivity index (χ1n) is 6.59. The number of hydrogen-bond donors (Lipinski definition) is 2. The number of benzene rings is 2. The highest BCUT2D eigenvalue weighted by Crippen LogP contribution is 2.21. The van der Waals surface area contributed by atoms with Gasteiger partial charge in [-0.1, -0.05) is 34.1 Å². The molecular formula is C16H16BrN3O2. The number of aryl methyl sites for hydroxylation is 1. The van der Waals surface area contributed by atoms with E-state index in [4.69, 9.17) is 4.74 Å². The molecule has 0 saturated heterocycles. The minimum Gasteiger partial charge on any atom is -0.496 e. The number of nitrogens with one attached hydrogen (secondary N) is 2. The summed E-state index contributed by atoms with van der Waals surface area (Å²) >= 11 is 3.38. The van der Waals surface area contributed by atoms with Gasteiger partial charge in [-0.05, 0) is 36.8 Å². The highest BCUT2D eigenvalue weighted by Gasteiger charge is 2.03. The molecule has 0 aliphatic rings. The summed E-state index contributed by atoms with van der Waals surface area (Å²) in [6.07, 6.45) is 1.53. The fraction of sp³-hybridized carbons (Fsp3) is 0.125. The Kier molecular flexibility index (Phi) is 5.55. The molecule has 2 N–H and O–H groups in total. The number of carbonyl (C=O) groups is 1. The van der Waals surface area contributed by atoms with Crippen LogP contribution in [-0.4, -0.2) is 19.4 Å². The van der Waals surface area contributed by atoms with Gasteiger partial charge in [0.2, 0.25) is 0 Å². The van der Waals surface area contributed by atoms with Crippen LogP contribution in [-0.2, 0) is 0 Å². The largest absolute Gasteiger partial charge is 0.496 e. The zero-order valence-electron chi connectivity index (χ0n) is 12.3. The average molecular weight is 362 g/mol. The summed E-state index contributed by atoms with van der Waals surface area (Å²) in [4.78, 5) is 11.8. The highest BCUT2D eigenvalue weighted by atomic mass is 79.9. The maximum Gasteiger partial charge on any atom is 0.339 e. The molecule has 0 saturated carbocycles. The molecule has 114 valence electrons. The zero-order valence-corrected chi connectivity index (χ0v) is 13.8. The van der Waals surface area contributed by atoms with Crippen LogP contribution in [0.25, 0.3) is 0 Å². The van der Waals surface area contributed by atoms with E-state index in [0.29, 0.717) is 5.75 Å². The molecule has 0 spiro atoms. The molecule has 2 amide bonds. The molecule has 22 heavy (non-hydrogen) atoms. The third-order valence-electron chi connectivity index (χ3n) is 2.95. The fourth-order valence-corrected chi connectivity index (χ4v) is 2.21. The lowest BCUT2D eigenvalue weighted by atomic mass is 10.2. The number of amides is 2. The minimum absolute atomic E-state index is 0.403. The minimum atomic E-state index is -0.403. The molecule has 2 aromatic carbocycles. The predicted molar refractivity (Wildman–Crippen MR) is 91.6 cm³/mol. The van der Waals surface area contributed by atoms with Crippen molar-refractivity contribution in [1.82, 2.24) is 5.43 Å². The van der Waals surface area contributed by atoms with Crippen molar-refractivity contribution in [2.24, 2.45) is 5.10 Å². The second kappa shape index (κ2) is 7.61. The maximum absolute atomic E-state index is 11.8. The smallest absolute Gasteiger partial charge is 0.339 e. The monoisotopic (exact) mass is 361 g/mol. The SMILES string of the molecule is COc1ccc(Br)cc1/C=N\NC(=O)Nc1ccccc1C. The Balaban J connectivity index is 1.99. The van der Waals surface area contributed by atoms with E-state index in [1.165, 1.54) is 6.21 Å². The van der Waals surface area contributed by atoms with Crippen LogP contribution in [0.1, 0.15) is 11.1 Å².